The molecule has 0 aliphatic heterocycles. The quantitative estimate of drug-likeness (QED) is 0.686. The molecule has 0 aliphatic carbocycles. The van der Waals surface area contributed by atoms with Crippen LogP contribution in [0.2, 0.25) is 0 Å². The van der Waals surface area contributed by atoms with Crippen LogP contribution in [0, 0.1) is 11.6 Å². The summed E-state index contributed by atoms with van der Waals surface area (Å²) >= 11 is 0. The topological polar surface area (TPSA) is 20.3 Å². The molecule has 1 rings (SSSR count). The molecule has 4 heteroatoms. The van der Waals surface area contributed by atoms with Crippen molar-refractivity contribution in [3.8, 4) is 0 Å². The largest absolute Gasteiger partial charge is 0.345 e. The van der Waals surface area contributed by atoms with Gasteiger partial charge in [-0.3, -0.25) is 4.79 Å². The van der Waals surface area contributed by atoms with Gasteiger partial charge < -0.3 is 4.90 Å². The smallest absolute Gasteiger partial charge is 0.246 e. The lowest BCUT2D eigenvalue weighted by molar-refractivity contribution is -0.123. The van der Waals surface area contributed by atoms with Crippen LogP contribution in [0.15, 0.2) is 24.3 Å². The van der Waals surface area contributed by atoms with E-state index in [1.54, 1.807) is 14.1 Å². The molecule has 0 aromatic heterocycles. The van der Waals surface area contributed by atoms with Gasteiger partial charge in [0.1, 0.15) is 11.6 Å². The number of rotatable bonds is 2. The molecule has 15 heavy (non-hydrogen) atoms. The van der Waals surface area contributed by atoms with Gasteiger partial charge in [0.2, 0.25) is 5.91 Å². The van der Waals surface area contributed by atoms with Crippen LogP contribution < -0.4 is 0 Å². The van der Waals surface area contributed by atoms with E-state index in [4.69, 9.17) is 0 Å². The van der Waals surface area contributed by atoms with Gasteiger partial charge >= 0.3 is 0 Å². The van der Waals surface area contributed by atoms with E-state index in [2.05, 4.69) is 0 Å². The van der Waals surface area contributed by atoms with Crippen molar-refractivity contribution >= 4 is 12.0 Å². The minimum Gasteiger partial charge on any atom is -0.345 e. The van der Waals surface area contributed by atoms with Gasteiger partial charge in [-0.15, -0.1) is 0 Å². The lowest BCUT2D eigenvalue weighted by atomic mass is 10.2. The Morgan fingerprint density at radius 3 is 2.53 bits per heavy atom. The van der Waals surface area contributed by atoms with E-state index in [-0.39, 0.29) is 11.5 Å². The van der Waals surface area contributed by atoms with Gasteiger partial charge in [-0.1, -0.05) is 0 Å². The molecule has 0 unspecified atom stereocenters. The number of likely N-dealkylation sites (N-methyl/N-ethyl adjacent to an activating group) is 1. The first-order valence-electron chi connectivity index (χ1n) is 4.35. The molecule has 0 spiro atoms. The summed E-state index contributed by atoms with van der Waals surface area (Å²) in [6.45, 7) is 0. The average Bonchev–Trinajstić information content (AvgIpc) is 2.15. The normalized spacial score (nSPS) is 10.7. The standard InChI is InChI=1S/C11H11F2NO/c1-14(2)11(15)6-4-8-3-5-9(12)7-10(8)13/h3-7H,1-2H3/b6-4+. The number of nitrogens with zero attached hydrogens (tertiary/aromatic N) is 1. The molecular weight excluding hydrogens is 200 g/mol. The second-order valence-electron chi connectivity index (χ2n) is 3.23. The summed E-state index contributed by atoms with van der Waals surface area (Å²) in [5.74, 6) is -1.57. The maximum atomic E-state index is 13.1. The molecule has 0 saturated heterocycles. The zero-order chi connectivity index (χ0) is 11.4. The van der Waals surface area contributed by atoms with Crippen molar-refractivity contribution in [3.63, 3.8) is 0 Å². The minimum absolute atomic E-state index is 0.187. The maximum absolute atomic E-state index is 13.1. The summed E-state index contributed by atoms with van der Waals surface area (Å²) in [5, 5.41) is 0. The third-order valence-electron chi connectivity index (χ3n) is 1.81. The number of halogens is 2. The first-order chi connectivity index (χ1) is 7.00. The fraction of sp³-hybridized carbons (Fsp3) is 0.182. The van der Waals surface area contributed by atoms with Crippen LogP contribution in [-0.4, -0.2) is 24.9 Å². The van der Waals surface area contributed by atoms with Gasteiger partial charge in [0.25, 0.3) is 0 Å². The highest BCUT2D eigenvalue weighted by atomic mass is 19.1. The van der Waals surface area contributed by atoms with Crippen LogP contribution in [-0.2, 0) is 4.79 Å². The molecule has 0 saturated carbocycles. The number of amides is 1. The Morgan fingerprint density at radius 1 is 1.33 bits per heavy atom. The van der Waals surface area contributed by atoms with Gasteiger partial charge in [0.15, 0.2) is 0 Å². The zero-order valence-electron chi connectivity index (χ0n) is 8.50. The van der Waals surface area contributed by atoms with Crippen molar-refractivity contribution in [2.24, 2.45) is 0 Å². The Hall–Kier alpha value is -1.71. The third-order valence-corrected chi connectivity index (χ3v) is 1.81. The van der Waals surface area contributed by atoms with Crippen LogP contribution in [0.3, 0.4) is 0 Å². The van der Waals surface area contributed by atoms with Crippen LogP contribution in [0.25, 0.3) is 6.08 Å². The molecule has 80 valence electrons. The Kier molecular flexibility index (Phi) is 3.55. The fourth-order valence-corrected chi connectivity index (χ4v) is 0.947. The maximum Gasteiger partial charge on any atom is 0.246 e. The van der Waals surface area contributed by atoms with E-state index in [1.807, 2.05) is 0 Å². The third kappa shape index (κ3) is 3.16. The highest BCUT2D eigenvalue weighted by Gasteiger charge is 2.02. The Morgan fingerprint density at radius 2 is 2.00 bits per heavy atom. The van der Waals surface area contributed by atoms with Crippen molar-refractivity contribution in [1.82, 2.24) is 4.90 Å². The summed E-state index contributed by atoms with van der Waals surface area (Å²) in [5.41, 5.74) is 0.187. The lowest BCUT2D eigenvalue weighted by Gasteiger charge is -2.05. The number of hydrogen-bond donors (Lipinski definition) is 0. The van der Waals surface area contributed by atoms with E-state index in [0.717, 1.165) is 12.1 Å². The lowest BCUT2D eigenvalue weighted by Crippen LogP contribution is -2.18. The van der Waals surface area contributed by atoms with Crippen molar-refractivity contribution in [2.75, 3.05) is 14.1 Å². The Bertz CT molecular complexity index is 400. The van der Waals surface area contributed by atoms with E-state index in [1.165, 1.54) is 23.1 Å². The molecule has 0 heterocycles. The monoisotopic (exact) mass is 211 g/mol. The molecule has 0 radical (unpaired) electrons. The molecular formula is C11H11F2NO. The van der Waals surface area contributed by atoms with E-state index >= 15 is 0 Å². The van der Waals surface area contributed by atoms with Gasteiger partial charge in [0, 0.05) is 31.8 Å². The molecule has 0 N–H and O–H groups in total. The van der Waals surface area contributed by atoms with E-state index in [9.17, 15) is 13.6 Å². The van der Waals surface area contributed by atoms with Crippen molar-refractivity contribution in [2.45, 2.75) is 0 Å². The summed E-state index contributed by atoms with van der Waals surface area (Å²) < 4.78 is 25.6. The van der Waals surface area contributed by atoms with Crippen LogP contribution in [0.4, 0.5) is 8.78 Å². The Balaban J connectivity index is 2.85. The predicted octanol–water partition coefficient (Wildman–Crippen LogP) is 2.07. The summed E-state index contributed by atoms with van der Waals surface area (Å²) in [6.07, 6.45) is 2.55. The number of carbonyl (C=O) groups excluding carboxylic acids is 1. The SMILES string of the molecule is CN(C)C(=O)/C=C/c1ccc(F)cc1F. The van der Waals surface area contributed by atoms with Gasteiger partial charge in [0.05, 0.1) is 0 Å². The van der Waals surface area contributed by atoms with Crippen LogP contribution in [0.1, 0.15) is 5.56 Å². The molecule has 1 aromatic carbocycles. The molecule has 1 aromatic rings. The number of carbonyl (C=O) groups is 1. The van der Waals surface area contributed by atoms with Gasteiger partial charge in [-0.05, 0) is 18.2 Å². The van der Waals surface area contributed by atoms with Gasteiger partial charge in [-0.25, -0.2) is 8.78 Å². The van der Waals surface area contributed by atoms with Crippen LogP contribution in [0.5, 0.6) is 0 Å². The van der Waals surface area contributed by atoms with Crippen LogP contribution >= 0.6 is 0 Å². The fourth-order valence-electron chi connectivity index (χ4n) is 0.947. The predicted molar refractivity (Wildman–Crippen MR) is 54.1 cm³/mol. The average molecular weight is 211 g/mol. The first-order valence-corrected chi connectivity index (χ1v) is 4.35. The number of benzene rings is 1. The second kappa shape index (κ2) is 4.68. The molecule has 0 atom stereocenters. The van der Waals surface area contributed by atoms with Crippen molar-refractivity contribution < 1.29 is 13.6 Å². The molecule has 0 bridgehead atoms. The summed E-state index contributed by atoms with van der Waals surface area (Å²) in [7, 11) is 3.18. The molecule has 0 aliphatic rings. The van der Waals surface area contributed by atoms with Gasteiger partial charge in [-0.2, -0.15) is 0 Å². The van der Waals surface area contributed by atoms with E-state index < -0.39 is 11.6 Å². The summed E-state index contributed by atoms with van der Waals surface area (Å²) in [6, 6.07) is 3.20. The molecule has 1 amide bonds. The molecule has 0 fully saturated rings. The van der Waals surface area contributed by atoms with E-state index in [0.29, 0.717) is 0 Å². The molecule has 2 nitrogen and oxygen atoms in total. The van der Waals surface area contributed by atoms with Crippen molar-refractivity contribution in [1.29, 1.82) is 0 Å². The number of hydrogen-bond acceptors (Lipinski definition) is 1. The second-order valence-corrected chi connectivity index (χ2v) is 3.23. The first kappa shape index (κ1) is 11.4. The minimum atomic E-state index is -0.683. The summed E-state index contributed by atoms with van der Waals surface area (Å²) in [4.78, 5) is 12.5. The highest BCUT2D eigenvalue weighted by molar-refractivity contribution is 5.91. The zero-order valence-corrected chi connectivity index (χ0v) is 8.50. The van der Waals surface area contributed by atoms with Crippen molar-refractivity contribution in [3.05, 3.63) is 41.5 Å². The highest BCUT2D eigenvalue weighted by Crippen LogP contribution is 2.11. The Labute approximate surface area is 86.8 Å².